The van der Waals surface area contributed by atoms with Gasteiger partial charge in [0.05, 0.1) is 18.5 Å². The second kappa shape index (κ2) is 12.0. The Morgan fingerprint density at radius 1 is 0.769 bits per heavy atom. The van der Waals surface area contributed by atoms with Crippen LogP contribution in [0.15, 0.2) is 78.9 Å². The summed E-state index contributed by atoms with van der Waals surface area (Å²) in [5.41, 5.74) is 8.22. The molecule has 1 heterocycles. The molecule has 0 amide bonds. The van der Waals surface area contributed by atoms with E-state index in [0.717, 1.165) is 39.5 Å². The van der Waals surface area contributed by atoms with Crippen LogP contribution in [0.4, 0.5) is 11.4 Å². The molecule has 0 spiro atoms. The second-order valence-corrected chi connectivity index (χ2v) is 10.3. The van der Waals surface area contributed by atoms with Crippen molar-refractivity contribution < 1.29 is 9.53 Å². The van der Waals surface area contributed by atoms with E-state index in [1.54, 1.807) is 6.08 Å². The fraction of sp³-hybridized carbons (Fsp3) is 0.273. The molecule has 0 bridgehead atoms. The van der Waals surface area contributed by atoms with Gasteiger partial charge in [-0.3, -0.25) is 0 Å². The first-order valence-corrected chi connectivity index (χ1v) is 13.3. The van der Waals surface area contributed by atoms with Crippen molar-refractivity contribution in [3.63, 3.8) is 0 Å². The predicted octanol–water partition coefficient (Wildman–Crippen LogP) is 7.29. The highest BCUT2D eigenvalue weighted by Gasteiger charge is 2.17. The van der Waals surface area contributed by atoms with Crippen molar-refractivity contribution in [3.05, 3.63) is 84.4 Å². The number of hydrogen-bond donors (Lipinski definition) is 1. The van der Waals surface area contributed by atoms with Crippen LogP contribution in [0.3, 0.4) is 0 Å². The summed E-state index contributed by atoms with van der Waals surface area (Å²) >= 11 is 0. The molecule has 1 N–H and O–H groups in total. The van der Waals surface area contributed by atoms with Gasteiger partial charge in [-0.25, -0.2) is 9.78 Å². The largest absolute Gasteiger partial charge is 0.466 e. The van der Waals surface area contributed by atoms with E-state index in [4.69, 9.17) is 4.98 Å². The average Bonchev–Trinajstić information content (AvgIpc) is 3.41. The van der Waals surface area contributed by atoms with Crippen molar-refractivity contribution in [2.24, 2.45) is 0 Å². The lowest BCUT2D eigenvalue weighted by atomic mass is 10.0. The van der Waals surface area contributed by atoms with Gasteiger partial charge in [-0.2, -0.15) is 0 Å². The number of H-pyrrole nitrogens is 1. The van der Waals surface area contributed by atoms with Gasteiger partial charge in [0.15, 0.2) is 0 Å². The van der Waals surface area contributed by atoms with Gasteiger partial charge < -0.3 is 19.5 Å². The van der Waals surface area contributed by atoms with Crippen LogP contribution in [0, 0.1) is 0 Å². The minimum atomic E-state index is -0.379. The Morgan fingerprint density at radius 3 is 1.74 bits per heavy atom. The van der Waals surface area contributed by atoms with Crippen molar-refractivity contribution in [1.82, 2.24) is 9.97 Å². The maximum absolute atomic E-state index is 11.4. The van der Waals surface area contributed by atoms with Crippen LogP contribution in [0.5, 0.6) is 0 Å². The van der Waals surface area contributed by atoms with Gasteiger partial charge >= 0.3 is 5.97 Å². The number of carbonyl (C=O) groups is 1. The number of aromatic nitrogens is 2. The fourth-order valence-electron chi connectivity index (χ4n) is 4.23. The number of nitrogens with one attached hydrogen (secondary N) is 1. The fourth-order valence-corrected chi connectivity index (χ4v) is 4.23. The number of methoxy groups -OCH3 is 1. The molecule has 4 aromatic rings. The van der Waals surface area contributed by atoms with E-state index in [2.05, 4.69) is 110 Å². The molecule has 0 saturated carbocycles. The first-order valence-electron chi connectivity index (χ1n) is 13.3. The van der Waals surface area contributed by atoms with Crippen LogP contribution in [0.2, 0.25) is 0 Å². The molecule has 0 aliphatic carbocycles. The first-order chi connectivity index (χ1) is 18.7. The Hall–Kier alpha value is -4.32. The van der Waals surface area contributed by atoms with Crippen LogP contribution in [-0.4, -0.2) is 49.2 Å². The maximum Gasteiger partial charge on any atom is 0.330 e. The Kier molecular flexibility index (Phi) is 8.55. The molecule has 0 aliphatic heterocycles. The topological polar surface area (TPSA) is 61.5 Å². The molecule has 0 aliphatic rings. The summed E-state index contributed by atoms with van der Waals surface area (Å²) < 4.78 is 4.68. The van der Waals surface area contributed by atoms with E-state index in [1.165, 1.54) is 24.6 Å². The normalized spacial score (nSPS) is 11.4. The second-order valence-electron chi connectivity index (χ2n) is 10.3. The summed E-state index contributed by atoms with van der Waals surface area (Å²) in [6.45, 7) is 8.74. The van der Waals surface area contributed by atoms with Crippen molar-refractivity contribution in [2.75, 3.05) is 31.0 Å². The number of ether oxygens (including phenoxy) is 1. The number of imidazole rings is 1. The molecule has 0 unspecified atom stereocenters. The zero-order valence-electron chi connectivity index (χ0n) is 23.9. The molecular weight excluding hydrogens is 484 g/mol. The highest BCUT2D eigenvalue weighted by atomic mass is 16.5. The number of aromatic amines is 1. The van der Waals surface area contributed by atoms with E-state index in [0.29, 0.717) is 12.1 Å². The molecule has 4 rings (SSSR count). The van der Waals surface area contributed by atoms with Crippen LogP contribution in [0.25, 0.3) is 40.0 Å². The van der Waals surface area contributed by atoms with Gasteiger partial charge in [-0.05, 0) is 63.6 Å². The third-order valence-corrected chi connectivity index (χ3v) is 7.16. The average molecular weight is 523 g/mol. The quantitative estimate of drug-likeness (QED) is 0.185. The molecule has 0 saturated heterocycles. The molecule has 39 heavy (non-hydrogen) atoms. The Morgan fingerprint density at radius 2 is 1.26 bits per heavy atom. The zero-order chi connectivity index (χ0) is 28.1. The van der Waals surface area contributed by atoms with Crippen LogP contribution in [-0.2, 0) is 9.53 Å². The van der Waals surface area contributed by atoms with Crippen molar-refractivity contribution >= 4 is 23.4 Å². The van der Waals surface area contributed by atoms with E-state index < -0.39 is 0 Å². The molecule has 6 heteroatoms. The van der Waals surface area contributed by atoms with Gasteiger partial charge in [0.25, 0.3) is 0 Å². The number of hydrogen-bond acceptors (Lipinski definition) is 5. The van der Waals surface area contributed by atoms with Crippen molar-refractivity contribution in [3.8, 4) is 33.9 Å². The minimum Gasteiger partial charge on any atom is -0.466 e. The highest BCUT2D eigenvalue weighted by molar-refractivity contribution is 5.87. The SMILES string of the molecule is COC(=O)/C=C/c1ccc(-c2nc(-c3ccc(N(C)C(C)C)cc3)c(-c3ccc(N(C)C(C)C)cc3)[nH]2)cc1. The zero-order valence-corrected chi connectivity index (χ0v) is 23.9. The van der Waals surface area contributed by atoms with E-state index >= 15 is 0 Å². The number of nitrogens with zero attached hydrogens (tertiary/aromatic N) is 3. The van der Waals surface area contributed by atoms with E-state index in [9.17, 15) is 4.79 Å². The summed E-state index contributed by atoms with van der Waals surface area (Å²) in [6, 6.07) is 25.9. The minimum absolute atomic E-state index is 0.379. The standard InChI is InChI=1S/C33H38N4O2/c1-22(2)36(5)28-17-13-25(14-18-28)31-32(26-15-19-29(20-16-26)37(6)23(3)4)35-33(34-31)27-11-8-24(9-12-27)10-21-30(38)39-7/h8-23H,1-7H3,(H,34,35)/b21-10+. The summed E-state index contributed by atoms with van der Waals surface area (Å²) in [5, 5.41) is 0. The molecule has 3 aromatic carbocycles. The van der Waals surface area contributed by atoms with Gasteiger partial charge in [0, 0.05) is 60.3 Å². The number of esters is 1. The molecule has 0 atom stereocenters. The highest BCUT2D eigenvalue weighted by Crippen LogP contribution is 2.35. The lowest BCUT2D eigenvalue weighted by Gasteiger charge is -2.24. The van der Waals surface area contributed by atoms with Gasteiger partial charge in [0.2, 0.25) is 0 Å². The third-order valence-electron chi connectivity index (χ3n) is 7.16. The van der Waals surface area contributed by atoms with Crippen LogP contribution < -0.4 is 9.80 Å². The summed E-state index contributed by atoms with van der Waals surface area (Å²) in [7, 11) is 5.59. The van der Waals surface area contributed by atoms with E-state index in [-0.39, 0.29) is 5.97 Å². The van der Waals surface area contributed by atoms with E-state index in [1.807, 2.05) is 24.3 Å². The Bertz CT molecular complexity index is 1340. The number of rotatable bonds is 9. The van der Waals surface area contributed by atoms with Gasteiger partial charge in [-0.15, -0.1) is 0 Å². The molecule has 6 nitrogen and oxygen atoms in total. The number of benzene rings is 3. The summed E-state index contributed by atoms with van der Waals surface area (Å²) in [6.07, 6.45) is 3.15. The van der Waals surface area contributed by atoms with Gasteiger partial charge in [0.1, 0.15) is 5.82 Å². The monoisotopic (exact) mass is 522 g/mol. The van der Waals surface area contributed by atoms with Crippen LogP contribution in [0.1, 0.15) is 33.3 Å². The van der Waals surface area contributed by atoms with Crippen molar-refractivity contribution in [2.45, 2.75) is 39.8 Å². The van der Waals surface area contributed by atoms with Crippen LogP contribution >= 0.6 is 0 Å². The summed E-state index contributed by atoms with van der Waals surface area (Å²) in [4.78, 5) is 24.6. The Balaban J connectivity index is 1.74. The molecule has 0 fully saturated rings. The lowest BCUT2D eigenvalue weighted by molar-refractivity contribution is -0.134. The molecular formula is C33H38N4O2. The number of carbonyl (C=O) groups excluding carboxylic acids is 1. The smallest absolute Gasteiger partial charge is 0.330 e. The molecule has 0 radical (unpaired) electrons. The predicted molar refractivity (Wildman–Crippen MR) is 163 cm³/mol. The summed E-state index contributed by atoms with van der Waals surface area (Å²) in [5.74, 6) is 0.408. The lowest BCUT2D eigenvalue weighted by Crippen LogP contribution is -2.25. The molecule has 1 aromatic heterocycles. The van der Waals surface area contributed by atoms with Crippen molar-refractivity contribution in [1.29, 1.82) is 0 Å². The maximum atomic E-state index is 11.4. The molecule has 202 valence electrons. The first kappa shape index (κ1) is 27.7. The van der Waals surface area contributed by atoms with Gasteiger partial charge in [-0.1, -0.05) is 48.5 Å². The third kappa shape index (κ3) is 6.40. The Labute approximate surface area is 232 Å². The number of anilines is 2.